The SMILES string of the molecule is C#CCCC1(CCC(C)=O)N=N1. The molecule has 0 radical (unpaired) electrons. The van der Waals surface area contributed by atoms with Crippen LogP contribution in [0.3, 0.4) is 0 Å². The van der Waals surface area contributed by atoms with Crippen LogP contribution in [0.25, 0.3) is 0 Å². The van der Waals surface area contributed by atoms with E-state index in [1.165, 1.54) is 0 Å². The summed E-state index contributed by atoms with van der Waals surface area (Å²) in [5, 5.41) is 7.84. The summed E-state index contributed by atoms with van der Waals surface area (Å²) in [5.41, 5.74) is -0.280. The number of carbonyl (C=O) groups is 1. The molecular formula is C9H12N2O. The van der Waals surface area contributed by atoms with Crippen LogP contribution in [0.2, 0.25) is 0 Å². The lowest BCUT2D eigenvalue weighted by Crippen LogP contribution is -2.11. The van der Waals surface area contributed by atoms with Crippen LogP contribution in [0.1, 0.15) is 32.6 Å². The summed E-state index contributed by atoms with van der Waals surface area (Å²) in [7, 11) is 0. The number of carbonyl (C=O) groups excluding carboxylic acids is 1. The van der Waals surface area contributed by atoms with Crippen molar-refractivity contribution in [2.24, 2.45) is 10.2 Å². The van der Waals surface area contributed by atoms with Crippen LogP contribution in [-0.2, 0) is 4.79 Å². The van der Waals surface area contributed by atoms with Crippen molar-refractivity contribution in [2.45, 2.75) is 38.3 Å². The molecule has 64 valence electrons. The Hall–Kier alpha value is -1.17. The zero-order chi connectivity index (χ0) is 9.03. The highest BCUT2D eigenvalue weighted by molar-refractivity contribution is 5.75. The summed E-state index contributed by atoms with van der Waals surface area (Å²) in [5.74, 6) is 2.73. The minimum absolute atomic E-state index is 0.187. The minimum Gasteiger partial charge on any atom is -0.300 e. The van der Waals surface area contributed by atoms with Crippen LogP contribution in [0, 0.1) is 12.3 Å². The van der Waals surface area contributed by atoms with Gasteiger partial charge in [0.25, 0.3) is 0 Å². The number of ketones is 1. The standard InChI is InChI=1S/C9H12N2O/c1-3-4-6-9(10-11-9)7-5-8(2)12/h1H,4-7H2,2H3. The summed E-state index contributed by atoms with van der Waals surface area (Å²) < 4.78 is 0. The van der Waals surface area contributed by atoms with Gasteiger partial charge in [0.1, 0.15) is 5.78 Å². The van der Waals surface area contributed by atoms with E-state index in [2.05, 4.69) is 16.1 Å². The van der Waals surface area contributed by atoms with E-state index in [-0.39, 0.29) is 11.4 Å². The molecule has 0 aliphatic carbocycles. The lowest BCUT2D eigenvalue weighted by atomic mass is 10.0. The monoisotopic (exact) mass is 164 g/mol. The van der Waals surface area contributed by atoms with E-state index >= 15 is 0 Å². The fourth-order valence-corrected chi connectivity index (χ4v) is 1.04. The van der Waals surface area contributed by atoms with Crippen molar-refractivity contribution in [3.05, 3.63) is 0 Å². The Bertz CT molecular complexity index is 244. The number of terminal acetylenes is 1. The largest absolute Gasteiger partial charge is 0.300 e. The predicted octanol–water partition coefficient (Wildman–Crippen LogP) is 1.93. The van der Waals surface area contributed by atoms with Crippen molar-refractivity contribution in [1.29, 1.82) is 0 Å². The fraction of sp³-hybridized carbons (Fsp3) is 0.667. The van der Waals surface area contributed by atoms with E-state index in [0.717, 1.165) is 12.8 Å². The topological polar surface area (TPSA) is 41.8 Å². The van der Waals surface area contributed by atoms with Crippen LogP contribution in [0.15, 0.2) is 10.2 Å². The molecule has 0 aromatic carbocycles. The van der Waals surface area contributed by atoms with Crippen molar-refractivity contribution < 1.29 is 4.79 Å². The second-order valence-corrected chi connectivity index (χ2v) is 3.09. The van der Waals surface area contributed by atoms with Crippen LogP contribution in [-0.4, -0.2) is 11.4 Å². The van der Waals surface area contributed by atoms with Gasteiger partial charge in [-0.3, -0.25) is 0 Å². The van der Waals surface area contributed by atoms with E-state index in [9.17, 15) is 4.79 Å². The molecule has 0 bridgehead atoms. The van der Waals surface area contributed by atoms with Crippen molar-refractivity contribution in [1.82, 2.24) is 0 Å². The van der Waals surface area contributed by atoms with Crippen LogP contribution < -0.4 is 0 Å². The lowest BCUT2D eigenvalue weighted by molar-refractivity contribution is -0.117. The third kappa shape index (κ3) is 2.46. The number of hydrogen-bond donors (Lipinski definition) is 0. The van der Waals surface area contributed by atoms with Crippen LogP contribution in [0.4, 0.5) is 0 Å². The first-order valence-corrected chi connectivity index (χ1v) is 4.05. The van der Waals surface area contributed by atoms with Gasteiger partial charge in [-0.25, -0.2) is 0 Å². The summed E-state index contributed by atoms with van der Waals surface area (Å²) in [6.45, 7) is 1.58. The second kappa shape index (κ2) is 3.48. The molecule has 1 heterocycles. The van der Waals surface area contributed by atoms with Gasteiger partial charge in [0.2, 0.25) is 0 Å². The molecule has 1 aliphatic heterocycles. The van der Waals surface area contributed by atoms with Gasteiger partial charge in [-0.05, 0) is 6.92 Å². The molecule has 0 atom stereocenters. The van der Waals surface area contributed by atoms with Crippen LogP contribution in [0.5, 0.6) is 0 Å². The van der Waals surface area contributed by atoms with Crippen molar-refractivity contribution in [3.63, 3.8) is 0 Å². The molecule has 1 rings (SSSR count). The summed E-state index contributed by atoms with van der Waals surface area (Å²) in [6.07, 6.45) is 7.87. The highest BCUT2D eigenvalue weighted by Gasteiger charge is 2.38. The smallest absolute Gasteiger partial charge is 0.192 e. The Kier molecular flexibility index (Phi) is 2.59. The average molecular weight is 164 g/mol. The molecule has 1 aliphatic rings. The predicted molar refractivity (Wildman–Crippen MR) is 45.6 cm³/mol. The molecule has 3 nitrogen and oxygen atoms in total. The van der Waals surface area contributed by atoms with Gasteiger partial charge in [0.15, 0.2) is 5.66 Å². The number of rotatable bonds is 5. The first-order chi connectivity index (χ1) is 5.68. The normalized spacial score (nSPS) is 17.0. The molecule has 0 saturated carbocycles. The summed E-state index contributed by atoms with van der Waals surface area (Å²) in [6, 6.07) is 0. The number of Topliss-reactive ketones (excluding diaryl/α,β-unsaturated/α-hetero) is 1. The van der Waals surface area contributed by atoms with Crippen molar-refractivity contribution in [2.75, 3.05) is 0 Å². The average Bonchev–Trinajstić information content (AvgIpc) is 2.79. The lowest BCUT2D eigenvalue weighted by Gasteiger charge is -2.05. The van der Waals surface area contributed by atoms with Gasteiger partial charge in [-0.1, -0.05) is 0 Å². The molecule has 0 fully saturated rings. The van der Waals surface area contributed by atoms with Gasteiger partial charge in [-0.2, -0.15) is 10.2 Å². The molecular weight excluding hydrogens is 152 g/mol. The molecule has 3 heteroatoms. The molecule has 0 unspecified atom stereocenters. The minimum atomic E-state index is -0.280. The van der Waals surface area contributed by atoms with E-state index in [1.54, 1.807) is 6.92 Å². The number of nitrogens with zero attached hydrogens (tertiary/aromatic N) is 2. The quantitative estimate of drug-likeness (QED) is 0.572. The van der Waals surface area contributed by atoms with Crippen LogP contribution >= 0.6 is 0 Å². The third-order valence-corrected chi connectivity index (χ3v) is 1.93. The van der Waals surface area contributed by atoms with Gasteiger partial charge in [0, 0.05) is 25.7 Å². The molecule has 12 heavy (non-hydrogen) atoms. The highest BCUT2D eigenvalue weighted by Crippen LogP contribution is 2.37. The Labute approximate surface area is 72.3 Å². The maximum atomic E-state index is 10.7. The molecule has 0 aromatic rings. The van der Waals surface area contributed by atoms with Gasteiger partial charge in [-0.15, -0.1) is 12.3 Å². The number of hydrogen-bond acceptors (Lipinski definition) is 3. The Morgan fingerprint density at radius 3 is 2.58 bits per heavy atom. The molecule has 0 N–H and O–H groups in total. The molecule has 0 amide bonds. The molecule has 0 saturated heterocycles. The maximum Gasteiger partial charge on any atom is 0.192 e. The fourth-order valence-electron chi connectivity index (χ4n) is 1.04. The van der Waals surface area contributed by atoms with E-state index in [4.69, 9.17) is 6.42 Å². The Morgan fingerprint density at radius 2 is 2.17 bits per heavy atom. The zero-order valence-electron chi connectivity index (χ0n) is 7.21. The zero-order valence-corrected chi connectivity index (χ0v) is 7.21. The second-order valence-electron chi connectivity index (χ2n) is 3.09. The van der Waals surface area contributed by atoms with E-state index in [0.29, 0.717) is 12.8 Å². The first kappa shape index (κ1) is 8.92. The van der Waals surface area contributed by atoms with E-state index in [1.807, 2.05) is 0 Å². The van der Waals surface area contributed by atoms with Gasteiger partial charge >= 0.3 is 0 Å². The van der Waals surface area contributed by atoms with E-state index < -0.39 is 0 Å². The Morgan fingerprint density at radius 1 is 1.50 bits per heavy atom. The maximum absolute atomic E-state index is 10.7. The summed E-state index contributed by atoms with van der Waals surface area (Å²) in [4.78, 5) is 10.7. The van der Waals surface area contributed by atoms with Crippen molar-refractivity contribution in [3.8, 4) is 12.3 Å². The molecule has 0 aromatic heterocycles. The Balaban J connectivity index is 2.22. The highest BCUT2D eigenvalue weighted by atomic mass is 16.1. The van der Waals surface area contributed by atoms with Gasteiger partial charge in [0.05, 0.1) is 0 Å². The van der Waals surface area contributed by atoms with Crippen molar-refractivity contribution >= 4 is 5.78 Å². The third-order valence-electron chi connectivity index (χ3n) is 1.93. The summed E-state index contributed by atoms with van der Waals surface area (Å²) >= 11 is 0. The van der Waals surface area contributed by atoms with Gasteiger partial charge < -0.3 is 4.79 Å². The molecule has 0 spiro atoms. The first-order valence-electron chi connectivity index (χ1n) is 4.05.